The van der Waals surface area contributed by atoms with Crippen LogP contribution in [0.15, 0.2) is 0 Å². The van der Waals surface area contributed by atoms with E-state index in [0.717, 1.165) is 0 Å². The standard InChI is InChI=1S/C15H28BN2O5P/c1-10(2)18(11(3)4)24(21-8-7-17-5)22-9-12-13(19)14(20-6)15(16)23-12/h10-15,19H,7-9H2,1-4,6H3/t12-,13?,14+,15-,24?/m1/s1/i19D. The summed E-state index contributed by atoms with van der Waals surface area (Å²) in [6.45, 7) is 15.9. The van der Waals surface area contributed by atoms with Crippen molar-refractivity contribution in [1.82, 2.24) is 4.67 Å². The molecular weight excluding hydrogens is 330 g/mol. The van der Waals surface area contributed by atoms with Crippen LogP contribution in [0.5, 0.6) is 0 Å². The van der Waals surface area contributed by atoms with E-state index >= 15 is 0 Å². The van der Waals surface area contributed by atoms with Gasteiger partial charge in [0.1, 0.15) is 32.8 Å². The second kappa shape index (κ2) is 10.7. The first-order valence-electron chi connectivity index (χ1n) is 8.51. The number of aliphatic hydroxyl groups is 1. The molecule has 1 aliphatic rings. The number of hydrogen-bond acceptors (Lipinski definition) is 6. The van der Waals surface area contributed by atoms with Crippen molar-refractivity contribution in [3.05, 3.63) is 11.4 Å². The third kappa shape index (κ3) is 5.92. The molecule has 136 valence electrons. The van der Waals surface area contributed by atoms with Gasteiger partial charge in [-0.3, -0.25) is 0 Å². The lowest BCUT2D eigenvalue weighted by molar-refractivity contribution is -0.0125. The predicted octanol–water partition coefficient (Wildman–Crippen LogP) is 1.55. The Morgan fingerprint density at radius 1 is 1.38 bits per heavy atom. The Morgan fingerprint density at radius 3 is 2.54 bits per heavy atom. The quantitative estimate of drug-likeness (QED) is 0.261. The van der Waals surface area contributed by atoms with E-state index in [1.807, 2.05) is 0 Å². The minimum atomic E-state index is -1.38. The maximum absolute atomic E-state index is 7.26. The van der Waals surface area contributed by atoms with Crippen molar-refractivity contribution in [2.75, 3.05) is 26.9 Å². The van der Waals surface area contributed by atoms with Gasteiger partial charge in [0.15, 0.2) is 0 Å². The summed E-state index contributed by atoms with van der Waals surface area (Å²) in [5.41, 5.74) is 0. The van der Waals surface area contributed by atoms with Crippen LogP contribution < -0.4 is 0 Å². The fourth-order valence-corrected chi connectivity index (χ4v) is 4.21. The number of aliphatic hydroxyl groups excluding tert-OH is 1. The van der Waals surface area contributed by atoms with Crippen molar-refractivity contribution in [3.8, 4) is 0 Å². The summed E-state index contributed by atoms with van der Waals surface area (Å²) in [6, 6.07) is -0.254. The van der Waals surface area contributed by atoms with Gasteiger partial charge in [-0.05, 0) is 27.7 Å². The van der Waals surface area contributed by atoms with E-state index in [0.29, 0.717) is 6.61 Å². The summed E-state index contributed by atoms with van der Waals surface area (Å²) in [5, 5.41) is 4.74. The highest BCUT2D eigenvalue weighted by molar-refractivity contribution is 7.44. The van der Waals surface area contributed by atoms with Gasteiger partial charge in [-0.2, -0.15) is 0 Å². The van der Waals surface area contributed by atoms with Crippen molar-refractivity contribution < 1.29 is 23.6 Å². The lowest BCUT2D eigenvalue weighted by Crippen LogP contribution is -2.37. The molecule has 7 nitrogen and oxygen atoms in total. The van der Waals surface area contributed by atoms with Gasteiger partial charge in [0.05, 0.1) is 6.61 Å². The molecule has 0 aromatic rings. The topological polar surface area (TPSA) is 64.8 Å². The second-order valence-electron chi connectivity index (χ2n) is 6.12. The van der Waals surface area contributed by atoms with Gasteiger partial charge >= 0.3 is 0 Å². The number of nitrogens with zero attached hydrogens (tertiary/aromatic N) is 2. The van der Waals surface area contributed by atoms with Crippen molar-refractivity contribution in [2.24, 2.45) is 0 Å². The van der Waals surface area contributed by atoms with E-state index in [9.17, 15) is 0 Å². The average Bonchev–Trinajstić information content (AvgIpc) is 2.86. The van der Waals surface area contributed by atoms with Crippen molar-refractivity contribution in [3.63, 3.8) is 0 Å². The van der Waals surface area contributed by atoms with E-state index in [4.69, 9.17) is 39.5 Å². The van der Waals surface area contributed by atoms with Gasteiger partial charge in [-0.1, -0.05) is 0 Å². The molecule has 24 heavy (non-hydrogen) atoms. The number of methoxy groups -OCH3 is 1. The minimum absolute atomic E-state index is 0.163. The smallest absolute Gasteiger partial charge is 0.259 e. The summed E-state index contributed by atoms with van der Waals surface area (Å²) in [6.07, 6.45) is -1.67. The van der Waals surface area contributed by atoms with Gasteiger partial charge in [0, 0.05) is 25.2 Å². The molecule has 1 fully saturated rings. The number of ether oxygens (including phenoxy) is 2. The average molecular weight is 359 g/mol. The monoisotopic (exact) mass is 359 g/mol. The lowest BCUT2D eigenvalue weighted by Gasteiger charge is -2.35. The predicted molar refractivity (Wildman–Crippen MR) is 93.6 cm³/mol. The van der Waals surface area contributed by atoms with E-state index in [1.54, 1.807) is 0 Å². The molecule has 1 aliphatic heterocycles. The van der Waals surface area contributed by atoms with Gasteiger partial charge in [-0.15, -0.1) is 0 Å². The minimum Gasteiger partial charge on any atom is -0.388 e. The molecule has 1 heterocycles. The Bertz CT molecular complexity index is 421. The van der Waals surface area contributed by atoms with Crippen molar-refractivity contribution >= 4 is 16.4 Å². The molecule has 5 atom stereocenters. The molecule has 1 rings (SSSR count). The van der Waals surface area contributed by atoms with Crippen LogP contribution in [0.1, 0.15) is 27.7 Å². The van der Waals surface area contributed by atoms with E-state index in [-0.39, 0.29) is 25.2 Å². The summed E-state index contributed by atoms with van der Waals surface area (Å²) < 4.78 is 32.1. The maximum Gasteiger partial charge on any atom is 0.259 e. The van der Waals surface area contributed by atoms with Gasteiger partial charge in [-0.25, -0.2) is 11.2 Å². The summed E-state index contributed by atoms with van der Waals surface area (Å²) in [4.78, 5) is 3.31. The SMILES string of the molecule is [2H]OC1[C@@H](COP(OCC[N+]#[C-])N(C(C)C)C(C)C)O[C@@H]([B])[C@H]1OC. The zero-order valence-corrected chi connectivity index (χ0v) is 15.9. The Morgan fingerprint density at radius 2 is 2.04 bits per heavy atom. The number of hydrogen-bond donors (Lipinski definition) is 1. The highest BCUT2D eigenvalue weighted by Gasteiger charge is 2.42. The third-order valence-electron chi connectivity index (χ3n) is 3.62. The zero-order valence-electron chi connectivity index (χ0n) is 16.0. The van der Waals surface area contributed by atoms with Crippen LogP contribution in [0.4, 0.5) is 0 Å². The van der Waals surface area contributed by atoms with E-state index < -0.39 is 32.8 Å². The largest absolute Gasteiger partial charge is 0.388 e. The van der Waals surface area contributed by atoms with Crippen molar-refractivity contribution in [2.45, 2.75) is 64.1 Å². The van der Waals surface area contributed by atoms with Crippen molar-refractivity contribution in [1.29, 1.82) is 1.43 Å². The fourth-order valence-electron chi connectivity index (χ4n) is 2.60. The molecular formula is C15H28BN2O5P. The van der Waals surface area contributed by atoms with Crippen LogP contribution in [-0.2, 0) is 18.5 Å². The summed E-state index contributed by atoms with van der Waals surface area (Å²) in [7, 11) is 6.00. The zero-order chi connectivity index (χ0) is 19.0. The lowest BCUT2D eigenvalue weighted by atomic mass is 9.93. The van der Waals surface area contributed by atoms with E-state index in [1.165, 1.54) is 7.11 Å². The van der Waals surface area contributed by atoms with Gasteiger partial charge in [0.25, 0.3) is 8.53 Å². The van der Waals surface area contributed by atoms with Crippen LogP contribution in [0, 0.1) is 6.57 Å². The third-order valence-corrected chi connectivity index (χ3v) is 5.69. The Hall–Kier alpha value is -0.255. The molecule has 0 saturated carbocycles. The Labute approximate surface area is 149 Å². The number of rotatable bonds is 11. The molecule has 9 heteroatoms. The Balaban J connectivity index is 2.75. The first-order chi connectivity index (χ1) is 11.9. The summed E-state index contributed by atoms with van der Waals surface area (Å²) >= 11 is 0. The molecule has 0 bridgehead atoms. The van der Waals surface area contributed by atoms with Crippen LogP contribution in [-0.4, -0.2) is 82.3 Å². The molecule has 0 aromatic heterocycles. The van der Waals surface area contributed by atoms with Gasteiger partial charge in [0.2, 0.25) is 7.98 Å². The fraction of sp³-hybridized carbons (Fsp3) is 0.933. The highest BCUT2D eigenvalue weighted by Crippen LogP contribution is 2.46. The molecule has 2 unspecified atom stereocenters. The molecule has 0 aliphatic carbocycles. The van der Waals surface area contributed by atoms with Crippen LogP contribution in [0.25, 0.3) is 4.85 Å². The molecule has 0 aromatic carbocycles. The highest BCUT2D eigenvalue weighted by atomic mass is 31.2. The first kappa shape index (κ1) is 20.1. The molecule has 1 N–H and O–H groups in total. The van der Waals surface area contributed by atoms with Crippen LogP contribution >= 0.6 is 8.53 Å². The first-order valence-corrected chi connectivity index (χ1v) is 9.23. The molecule has 0 spiro atoms. The van der Waals surface area contributed by atoms with Crippen LogP contribution in [0.2, 0.25) is 0 Å². The molecule has 0 amide bonds. The molecule has 1 saturated heterocycles. The van der Waals surface area contributed by atoms with E-state index in [2.05, 4.69) is 37.2 Å². The Kier molecular flexibility index (Phi) is 8.92. The second-order valence-corrected chi connectivity index (χ2v) is 7.57. The van der Waals surface area contributed by atoms with Crippen LogP contribution in [0.3, 0.4) is 0 Å². The molecule has 2 radical (unpaired) electrons. The maximum atomic E-state index is 7.26. The normalized spacial score (nSPS) is 29.2. The summed E-state index contributed by atoms with van der Waals surface area (Å²) in [5.74, 6) is 0. The van der Waals surface area contributed by atoms with Gasteiger partial charge < -0.3 is 28.5 Å².